The molecule has 0 radical (unpaired) electrons. The van der Waals surface area contributed by atoms with Crippen LogP contribution in [0.15, 0.2) is 24.3 Å². The van der Waals surface area contributed by atoms with Crippen LogP contribution in [0.1, 0.15) is 13.3 Å². The van der Waals surface area contributed by atoms with E-state index in [2.05, 4.69) is 0 Å². The van der Waals surface area contributed by atoms with Gasteiger partial charge in [0, 0.05) is 13.1 Å². The van der Waals surface area contributed by atoms with Crippen molar-refractivity contribution < 1.29 is 9.90 Å². The lowest BCUT2D eigenvalue weighted by atomic mass is 9.80. The quantitative estimate of drug-likeness (QED) is 0.762. The molecule has 0 spiro atoms. The van der Waals surface area contributed by atoms with Crippen LogP contribution in [0.25, 0.3) is 0 Å². The second-order valence-electron chi connectivity index (χ2n) is 4.63. The Kier molecular flexibility index (Phi) is 4.49. The number of nitrogens with zero attached hydrogens (tertiary/aromatic N) is 1. The lowest BCUT2D eigenvalue weighted by molar-refractivity contribution is -0.136. The van der Waals surface area contributed by atoms with Crippen molar-refractivity contribution >= 4 is 18.2 Å². The van der Waals surface area contributed by atoms with Gasteiger partial charge in [0.05, 0.1) is 12.1 Å². The highest BCUT2D eigenvalue weighted by atomic mass is 35.5. The van der Waals surface area contributed by atoms with Crippen molar-refractivity contribution in [3.8, 4) is 0 Å². The minimum Gasteiger partial charge on any atom is -0.390 e. The van der Waals surface area contributed by atoms with Crippen LogP contribution in [0.2, 0.25) is 0 Å². The maximum atomic E-state index is 12.2. The van der Waals surface area contributed by atoms with Gasteiger partial charge in [-0.05, 0) is 13.3 Å². The molecule has 2 atom stereocenters. The van der Waals surface area contributed by atoms with Gasteiger partial charge >= 0.3 is 0 Å². The van der Waals surface area contributed by atoms with Crippen LogP contribution in [0.5, 0.6) is 0 Å². The molecule has 2 aliphatic rings. The Morgan fingerprint density at radius 2 is 2.18 bits per heavy atom. The van der Waals surface area contributed by atoms with Crippen molar-refractivity contribution in [3.05, 3.63) is 24.3 Å². The van der Waals surface area contributed by atoms with E-state index in [1.54, 1.807) is 6.92 Å². The first kappa shape index (κ1) is 14.4. The molecule has 0 bridgehead atoms. The number of aliphatic hydroxyl groups is 1. The molecular formula is C12H19ClN2O2. The van der Waals surface area contributed by atoms with E-state index in [0.29, 0.717) is 19.5 Å². The van der Waals surface area contributed by atoms with Crippen molar-refractivity contribution in [1.82, 2.24) is 4.90 Å². The van der Waals surface area contributed by atoms with Crippen molar-refractivity contribution in [2.45, 2.75) is 31.0 Å². The van der Waals surface area contributed by atoms with Crippen LogP contribution in [0, 0.1) is 0 Å². The number of halogens is 1. The van der Waals surface area contributed by atoms with E-state index in [1.807, 2.05) is 29.2 Å². The van der Waals surface area contributed by atoms with Gasteiger partial charge in [0.2, 0.25) is 0 Å². The number of nitrogens with two attached hydrogens (primary N) is 1. The third-order valence-electron chi connectivity index (χ3n) is 3.32. The molecule has 17 heavy (non-hydrogen) atoms. The molecule has 1 saturated heterocycles. The van der Waals surface area contributed by atoms with Crippen LogP contribution in [-0.2, 0) is 4.79 Å². The summed E-state index contributed by atoms with van der Waals surface area (Å²) >= 11 is 0. The molecule has 0 saturated carbocycles. The van der Waals surface area contributed by atoms with Gasteiger partial charge in [-0.25, -0.2) is 0 Å². The Labute approximate surface area is 108 Å². The zero-order chi connectivity index (χ0) is 11.8. The summed E-state index contributed by atoms with van der Waals surface area (Å²) in [7, 11) is 0. The number of hydrogen-bond donors (Lipinski definition) is 2. The molecule has 0 aromatic carbocycles. The van der Waals surface area contributed by atoms with Gasteiger partial charge in [0.25, 0.3) is 0 Å². The summed E-state index contributed by atoms with van der Waals surface area (Å²) in [5.74, 6) is 0.0278. The van der Waals surface area contributed by atoms with E-state index in [9.17, 15) is 9.90 Å². The van der Waals surface area contributed by atoms with E-state index < -0.39 is 11.6 Å². The maximum absolute atomic E-state index is 12.2. The van der Waals surface area contributed by atoms with Gasteiger partial charge in [-0.15, -0.1) is 12.4 Å². The number of allylic oxidation sites excluding steroid dienone is 2. The molecule has 1 fully saturated rings. The van der Waals surface area contributed by atoms with Crippen LogP contribution >= 0.6 is 12.4 Å². The number of likely N-dealkylation sites (tertiary alicyclic amines) is 1. The molecule has 1 aliphatic heterocycles. The molecule has 0 amide bonds. The fraction of sp³-hybridized carbons (Fsp3) is 0.583. The van der Waals surface area contributed by atoms with Gasteiger partial charge in [-0.3, -0.25) is 9.69 Å². The van der Waals surface area contributed by atoms with Crippen LogP contribution in [0.4, 0.5) is 0 Å². The van der Waals surface area contributed by atoms with Gasteiger partial charge in [-0.1, -0.05) is 24.3 Å². The number of rotatable bonds is 3. The summed E-state index contributed by atoms with van der Waals surface area (Å²) in [6.07, 6.45) is 8.04. The Hall–Kier alpha value is -0.680. The second kappa shape index (κ2) is 5.31. The summed E-state index contributed by atoms with van der Waals surface area (Å²) in [6, 6.07) is -0.478. The van der Waals surface area contributed by atoms with E-state index >= 15 is 0 Å². The van der Waals surface area contributed by atoms with E-state index in [0.717, 1.165) is 0 Å². The molecular weight excluding hydrogens is 240 g/mol. The van der Waals surface area contributed by atoms with E-state index in [1.165, 1.54) is 0 Å². The number of β-amino-alcohol motifs (C(OH)–C–C–N with tert-alkyl or cyclic N) is 1. The highest BCUT2D eigenvalue weighted by Crippen LogP contribution is 2.31. The van der Waals surface area contributed by atoms with Gasteiger partial charge in [-0.2, -0.15) is 0 Å². The smallest absolute Gasteiger partial charge is 0.173 e. The van der Waals surface area contributed by atoms with Crippen molar-refractivity contribution in [2.24, 2.45) is 5.73 Å². The molecule has 2 rings (SSSR count). The Balaban J connectivity index is 0.00000144. The average Bonchev–Trinajstić information content (AvgIpc) is 2.24. The molecule has 3 N–H and O–H groups in total. The summed E-state index contributed by atoms with van der Waals surface area (Å²) in [6.45, 7) is 2.82. The molecule has 1 heterocycles. The zero-order valence-corrected chi connectivity index (χ0v) is 10.7. The number of aliphatic hydroxyl groups excluding tert-OH is 1. The topological polar surface area (TPSA) is 66.6 Å². The SMILES string of the molecule is C[C@H](N)C(=O)C1(N2CC(O)C2)C=CC=CC1.Cl. The normalized spacial score (nSPS) is 30.5. The minimum atomic E-state index is -0.623. The van der Waals surface area contributed by atoms with Gasteiger partial charge in [0.15, 0.2) is 5.78 Å². The van der Waals surface area contributed by atoms with Crippen molar-refractivity contribution in [3.63, 3.8) is 0 Å². The Morgan fingerprint density at radius 1 is 1.53 bits per heavy atom. The highest BCUT2D eigenvalue weighted by molar-refractivity contribution is 5.95. The summed E-state index contributed by atoms with van der Waals surface area (Å²) in [5, 5.41) is 9.36. The summed E-state index contributed by atoms with van der Waals surface area (Å²) < 4.78 is 0. The highest BCUT2D eigenvalue weighted by Gasteiger charge is 2.47. The van der Waals surface area contributed by atoms with Gasteiger partial charge < -0.3 is 10.8 Å². The standard InChI is InChI=1S/C12H18N2O2.ClH/c1-9(13)11(16)12(5-3-2-4-6-12)14-7-10(15)8-14;/h2-5,9-10,15H,6-8,13H2,1H3;1H/t9-,12?;/m0./s1. The lowest BCUT2D eigenvalue weighted by Gasteiger charge is -2.49. The second-order valence-corrected chi connectivity index (χ2v) is 4.63. The number of carbonyl (C=O) groups excluding carboxylic acids is 1. The van der Waals surface area contributed by atoms with E-state index in [-0.39, 0.29) is 24.3 Å². The Bertz CT molecular complexity index is 348. The monoisotopic (exact) mass is 258 g/mol. The first-order valence-corrected chi connectivity index (χ1v) is 5.63. The third kappa shape index (κ3) is 2.45. The third-order valence-corrected chi connectivity index (χ3v) is 3.32. The number of carbonyl (C=O) groups is 1. The van der Waals surface area contributed by atoms with Crippen molar-refractivity contribution in [1.29, 1.82) is 0 Å². The number of hydrogen-bond acceptors (Lipinski definition) is 4. The number of Topliss-reactive ketones (excluding diaryl/α,β-unsaturated/α-hetero) is 1. The lowest BCUT2D eigenvalue weighted by Crippen LogP contribution is -2.66. The molecule has 0 aromatic heterocycles. The summed E-state index contributed by atoms with van der Waals surface area (Å²) in [4.78, 5) is 14.2. The van der Waals surface area contributed by atoms with Crippen LogP contribution < -0.4 is 5.73 Å². The fourth-order valence-electron chi connectivity index (χ4n) is 2.36. The molecule has 4 nitrogen and oxygen atoms in total. The fourth-order valence-corrected chi connectivity index (χ4v) is 2.36. The molecule has 0 aromatic rings. The Morgan fingerprint density at radius 3 is 2.59 bits per heavy atom. The number of ketones is 1. The first-order valence-electron chi connectivity index (χ1n) is 5.63. The van der Waals surface area contributed by atoms with Gasteiger partial charge in [0.1, 0.15) is 5.54 Å². The minimum absolute atomic E-state index is 0. The average molecular weight is 259 g/mol. The molecule has 96 valence electrons. The van der Waals surface area contributed by atoms with Crippen molar-refractivity contribution in [2.75, 3.05) is 13.1 Å². The molecule has 1 unspecified atom stereocenters. The zero-order valence-electron chi connectivity index (χ0n) is 9.87. The maximum Gasteiger partial charge on any atom is 0.173 e. The molecule has 5 heteroatoms. The predicted octanol–water partition coefficient (Wildman–Crippen LogP) is 0.256. The van der Waals surface area contributed by atoms with Crippen LogP contribution in [0.3, 0.4) is 0 Å². The van der Waals surface area contributed by atoms with E-state index in [4.69, 9.17) is 5.73 Å². The largest absolute Gasteiger partial charge is 0.390 e. The van der Waals surface area contributed by atoms with Crippen LogP contribution in [-0.4, -0.2) is 46.6 Å². The summed E-state index contributed by atoms with van der Waals surface area (Å²) in [5.41, 5.74) is 5.08. The predicted molar refractivity (Wildman–Crippen MR) is 69.1 cm³/mol. The first-order chi connectivity index (χ1) is 7.56. The molecule has 1 aliphatic carbocycles.